The SMILES string of the molecule is Cc1ccn(CCc2nc(C(=O)O)cs2)c(=O)c1. The van der Waals surface area contributed by atoms with Gasteiger partial charge in [-0.25, -0.2) is 9.78 Å². The monoisotopic (exact) mass is 264 g/mol. The number of thiazole rings is 1. The van der Waals surface area contributed by atoms with E-state index in [1.807, 2.05) is 13.0 Å². The van der Waals surface area contributed by atoms with Crippen molar-refractivity contribution >= 4 is 17.3 Å². The molecule has 2 aromatic rings. The maximum Gasteiger partial charge on any atom is 0.355 e. The third kappa shape index (κ3) is 2.84. The Kier molecular flexibility index (Phi) is 3.57. The molecule has 1 N–H and O–H groups in total. The second kappa shape index (κ2) is 5.14. The predicted octanol–water partition coefficient (Wildman–Crippen LogP) is 1.55. The van der Waals surface area contributed by atoms with Gasteiger partial charge in [-0.05, 0) is 18.6 Å². The van der Waals surface area contributed by atoms with Crippen molar-refractivity contribution in [3.63, 3.8) is 0 Å². The molecule has 2 heterocycles. The standard InChI is InChI=1S/C12H12N2O3S/c1-8-2-4-14(11(15)6-8)5-3-10-13-9(7-18-10)12(16)17/h2,4,6-7H,3,5H2,1H3,(H,16,17). The van der Waals surface area contributed by atoms with Crippen LogP contribution in [-0.2, 0) is 13.0 Å². The number of hydrogen-bond acceptors (Lipinski definition) is 4. The van der Waals surface area contributed by atoms with E-state index in [-0.39, 0.29) is 11.3 Å². The minimum Gasteiger partial charge on any atom is -0.476 e. The number of aromatic nitrogens is 2. The lowest BCUT2D eigenvalue weighted by atomic mass is 10.3. The van der Waals surface area contributed by atoms with Gasteiger partial charge in [-0.3, -0.25) is 4.79 Å². The molecule has 5 nitrogen and oxygen atoms in total. The van der Waals surface area contributed by atoms with Gasteiger partial charge in [-0.2, -0.15) is 0 Å². The minimum atomic E-state index is -1.02. The van der Waals surface area contributed by atoms with Crippen molar-refractivity contribution in [3.05, 3.63) is 50.3 Å². The lowest BCUT2D eigenvalue weighted by Gasteiger charge is -2.03. The summed E-state index contributed by atoms with van der Waals surface area (Å²) in [5.74, 6) is -1.02. The third-order valence-electron chi connectivity index (χ3n) is 2.49. The lowest BCUT2D eigenvalue weighted by Crippen LogP contribution is -2.19. The number of aromatic carboxylic acids is 1. The number of carboxylic acids is 1. The summed E-state index contributed by atoms with van der Waals surface area (Å²) >= 11 is 1.30. The first-order chi connectivity index (χ1) is 8.56. The van der Waals surface area contributed by atoms with Gasteiger partial charge in [-0.15, -0.1) is 11.3 Å². The molecule has 0 saturated heterocycles. The topological polar surface area (TPSA) is 72.2 Å². The second-order valence-corrected chi connectivity index (χ2v) is 4.86. The highest BCUT2D eigenvalue weighted by molar-refractivity contribution is 7.09. The van der Waals surface area contributed by atoms with E-state index in [1.54, 1.807) is 16.8 Å². The van der Waals surface area contributed by atoms with E-state index in [0.717, 1.165) is 10.6 Å². The molecule has 0 bridgehead atoms. The molecule has 0 fully saturated rings. The molecule has 0 aliphatic carbocycles. The van der Waals surface area contributed by atoms with Gasteiger partial charge in [0.2, 0.25) is 0 Å². The van der Waals surface area contributed by atoms with Crippen molar-refractivity contribution in [2.24, 2.45) is 0 Å². The van der Waals surface area contributed by atoms with Crippen LogP contribution < -0.4 is 5.56 Å². The molecule has 0 aromatic carbocycles. The summed E-state index contributed by atoms with van der Waals surface area (Å²) in [6.07, 6.45) is 2.30. The fraction of sp³-hybridized carbons (Fsp3) is 0.250. The van der Waals surface area contributed by atoms with Crippen LogP contribution in [0.4, 0.5) is 0 Å². The van der Waals surface area contributed by atoms with Crippen molar-refractivity contribution in [1.82, 2.24) is 9.55 Å². The summed E-state index contributed by atoms with van der Waals surface area (Å²) in [6.45, 7) is 2.37. The van der Waals surface area contributed by atoms with Crippen LogP contribution in [0.5, 0.6) is 0 Å². The molecule has 0 saturated carbocycles. The predicted molar refractivity (Wildman–Crippen MR) is 68.2 cm³/mol. The van der Waals surface area contributed by atoms with Crippen LogP contribution in [0.1, 0.15) is 21.1 Å². The molecule has 0 unspecified atom stereocenters. The van der Waals surface area contributed by atoms with Gasteiger partial charge in [0.05, 0.1) is 5.01 Å². The fourth-order valence-corrected chi connectivity index (χ4v) is 2.29. The summed E-state index contributed by atoms with van der Waals surface area (Å²) in [5, 5.41) is 11.0. The van der Waals surface area contributed by atoms with E-state index >= 15 is 0 Å². The van der Waals surface area contributed by atoms with Crippen LogP contribution in [0.2, 0.25) is 0 Å². The summed E-state index contributed by atoms with van der Waals surface area (Å²) < 4.78 is 1.59. The highest BCUT2D eigenvalue weighted by atomic mass is 32.1. The van der Waals surface area contributed by atoms with Crippen molar-refractivity contribution in [3.8, 4) is 0 Å². The maximum absolute atomic E-state index is 11.6. The van der Waals surface area contributed by atoms with E-state index in [2.05, 4.69) is 4.98 Å². The normalized spacial score (nSPS) is 10.5. The zero-order valence-corrected chi connectivity index (χ0v) is 10.6. The van der Waals surface area contributed by atoms with Crippen LogP contribution in [-0.4, -0.2) is 20.6 Å². The quantitative estimate of drug-likeness (QED) is 0.909. The summed E-state index contributed by atoms with van der Waals surface area (Å²) in [6, 6.07) is 3.44. The first-order valence-corrected chi connectivity index (χ1v) is 6.29. The van der Waals surface area contributed by atoms with E-state index in [9.17, 15) is 9.59 Å². The first-order valence-electron chi connectivity index (χ1n) is 5.41. The van der Waals surface area contributed by atoms with Crippen LogP contribution in [0, 0.1) is 6.92 Å². The van der Waals surface area contributed by atoms with E-state index in [4.69, 9.17) is 5.11 Å². The highest BCUT2D eigenvalue weighted by Gasteiger charge is 2.08. The summed E-state index contributed by atoms with van der Waals surface area (Å²) in [5.41, 5.74) is 0.940. The molecule has 0 spiro atoms. The third-order valence-corrected chi connectivity index (χ3v) is 3.40. The van der Waals surface area contributed by atoms with Crippen LogP contribution in [0.3, 0.4) is 0 Å². The van der Waals surface area contributed by atoms with Crippen LogP contribution in [0.25, 0.3) is 0 Å². The number of nitrogens with zero attached hydrogens (tertiary/aromatic N) is 2. The van der Waals surface area contributed by atoms with Crippen LogP contribution >= 0.6 is 11.3 Å². The molecule has 0 radical (unpaired) electrons. The molecule has 0 aliphatic rings. The van der Waals surface area contributed by atoms with Gasteiger partial charge >= 0.3 is 5.97 Å². The molecule has 6 heteroatoms. The molecule has 0 aliphatic heterocycles. The van der Waals surface area contributed by atoms with Crippen molar-refractivity contribution < 1.29 is 9.90 Å². The molecule has 2 aromatic heterocycles. The van der Waals surface area contributed by atoms with Gasteiger partial charge in [0, 0.05) is 30.6 Å². The first kappa shape index (κ1) is 12.5. The van der Waals surface area contributed by atoms with Crippen molar-refractivity contribution in [1.29, 1.82) is 0 Å². The Morgan fingerprint density at radius 3 is 2.94 bits per heavy atom. The summed E-state index contributed by atoms with van der Waals surface area (Å²) in [4.78, 5) is 26.3. The Labute approximate surface area is 107 Å². The zero-order valence-electron chi connectivity index (χ0n) is 9.79. The number of hydrogen-bond donors (Lipinski definition) is 1. The molecular weight excluding hydrogens is 252 g/mol. The Balaban J connectivity index is 2.06. The van der Waals surface area contributed by atoms with Crippen molar-refractivity contribution in [2.45, 2.75) is 19.9 Å². The Hall–Kier alpha value is -1.95. The van der Waals surface area contributed by atoms with E-state index < -0.39 is 5.97 Å². The molecular formula is C12H12N2O3S. The number of pyridine rings is 1. The molecule has 0 atom stereocenters. The van der Waals surface area contributed by atoms with Gasteiger partial charge in [0.1, 0.15) is 0 Å². The smallest absolute Gasteiger partial charge is 0.355 e. The number of aryl methyl sites for hydroxylation is 3. The second-order valence-electron chi connectivity index (χ2n) is 3.92. The van der Waals surface area contributed by atoms with Gasteiger partial charge in [0.15, 0.2) is 5.69 Å². The average molecular weight is 264 g/mol. The van der Waals surface area contributed by atoms with Gasteiger partial charge in [-0.1, -0.05) is 0 Å². The van der Waals surface area contributed by atoms with Crippen molar-refractivity contribution in [2.75, 3.05) is 0 Å². The summed E-state index contributed by atoms with van der Waals surface area (Å²) in [7, 11) is 0. The fourth-order valence-electron chi connectivity index (χ4n) is 1.53. The largest absolute Gasteiger partial charge is 0.476 e. The van der Waals surface area contributed by atoms with E-state index in [1.165, 1.54) is 16.7 Å². The number of carbonyl (C=O) groups is 1. The Morgan fingerprint density at radius 1 is 1.56 bits per heavy atom. The van der Waals surface area contributed by atoms with Crippen LogP contribution in [0.15, 0.2) is 28.5 Å². The maximum atomic E-state index is 11.6. The molecule has 2 rings (SSSR count). The highest BCUT2D eigenvalue weighted by Crippen LogP contribution is 2.10. The Morgan fingerprint density at radius 2 is 2.33 bits per heavy atom. The average Bonchev–Trinajstić information content (AvgIpc) is 2.76. The lowest BCUT2D eigenvalue weighted by molar-refractivity contribution is 0.0691. The van der Waals surface area contributed by atoms with Gasteiger partial charge in [0.25, 0.3) is 5.56 Å². The minimum absolute atomic E-state index is 0.0509. The molecule has 94 valence electrons. The van der Waals surface area contributed by atoms with Gasteiger partial charge < -0.3 is 9.67 Å². The number of carboxylic acid groups (broad SMARTS) is 1. The van der Waals surface area contributed by atoms with E-state index in [0.29, 0.717) is 13.0 Å². The molecule has 0 amide bonds. The Bertz CT molecular complexity index is 630. The molecule has 18 heavy (non-hydrogen) atoms. The number of rotatable bonds is 4. The zero-order chi connectivity index (χ0) is 13.1.